The SMILES string of the molecule is COc1cccc(CNC2CC2C)c1OC. The summed E-state index contributed by atoms with van der Waals surface area (Å²) in [5.41, 5.74) is 1.15. The zero-order chi connectivity index (χ0) is 11.5. The highest BCUT2D eigenvalue weighted by Crippen LogP contribution is 2.33. The van der Waals surface area contributed by atoms with E-state index >= 15 is 0 Å². The molecular formula is C13H19NO2. The van der Waals surface area contributed by atoms with Gasteiger partial charge >= 0.3 is 0 Å². The van der Waals surface area contributed by atoms with Crippen LogP contribution >= 0.6 is 0 Å². The first kappa shape index (κ1) is 11.3. The topological polar surface area (TPSA) is 30.5 Å². The number of ether oxygens (including phenoxy) is 2. The summed E-state index contributed by atoms with van der Waals surface area (Å²) in [5, 5.41) is 3.51. The molecular weight excluding hydrogens is 202 g/mol. The minimum absolute atomic E-state index is 0.677. The molecule has 0 aromatic heterocycles. The van der Waals surface area contributed by atoms with Gasteiger partial charge in [0.25, 0.3) is 0 Å². The number of nitrogens with one attached hydrogen (secondary N) is 1. The summed E-state index contributed by atoms with van der Waals surface area (Å²) in [4.78, 5) is 0. The molecule has 2 atom stereocenters. The fraction of sp³-hybridized carbons (Fsp3) is 0.538. The molecule has 0 amide bonds. The molecule has 0 saturated heterocycles. The molecule has 0 aliphatic heterocycles. The maximum atomic E-state index is 5.38. The van der Waals surface area contributed by atoms with Crippen molar-refractivity contribution in [3.05, 3.63) is 23.8 Å². The lowest BCUT2D eigenvalue weighted by molar-refractivity contribution is 0.350. The molecule has 0 radical (unpaired) electrons. The highest BCUT2D eigenvalue weighted by molar-refractivity contribution is 5.46. The summed E-state index contributed by atoms with van der Waals surface area (Å²) < 4.78 is 10.6. The molecule has 0 spiro atoms. The van der Waals surface area contributed by atoms with E-state index in [2.05, 4.69) is 18.3 Å². The van der Waals surface area contributed by atoms with Crippen LogP contribution in [0.4, 0.5) is 0 Å². The monoisotopic (exact) mass is 221 g/mol. The molecule has 1 saturated carbocycles. The van der Waals surface area contributed by atoms with E-state index in [1.165, 1.54) is 6.42 Å². The van der Waals surface area contributed by atoms with Crippen molar-refractivity contribution >= 4 is 0 Å². The van der Waals surface area contributed by atoms with Crippen LogP contribution in [0.25, 0.3) is 0 Å². The molecule has 0 bridgehead atoms. The number of benzene rings is 1. The summed E-state index contributed by atoms with van der Waals surface area (Å²) in [6, 6.07) is 6.66. The molecule has 1 fully saturated rings. The summed E-state index contributed by atoms with van der Waals surface area (Å²) >= 11 is 0. The van der Waals surface area contributed by atoms with Crippen molar-refractivity contribution in [2.75, 3.05) is 14.2 Å². The third-order valence-electron chi connectivity index (χ3n) is 3.15. The van der Waals surface area contributed by atoms with Crippen molar-refractivity contribution in [2.45, 2.75) is 25.9 Å². The van der Waals surface area contributed by atoms with E-state index < -0.39 is 0 Å². The molecule has 16 heavy (non-hydrogen) atoms. The van der Waals surface area contributed by atoms with Gasteiger partial charge in [-0.2, -0.15) is 0 Å². The summed E-state index contributed by atoms with van der Waals surface area (Å²) in [6.07, 6.45) is 1.28. The second-order valence-corrected chi connectivity index (χ2v) is 4.35. The van der Waals surface area contributed by atoms with Gasteiger partial charge in [0.05, 0.1) is 14.2 Å². The van der Waals surface area contributed by atoms with Crippen molar-refractivity contribution in [1.29, 1.82) is 0 Å². The maximum absolute atomic E-state index is 5.38. The molecule has 0 heterocycles. The fourth-order valence-corrected chi connectivity index (χ4v) is 1.94. The summed E-state index contributed by atoms with van der Waals surface area (Å²) in [7, 11) is 3.35. The molecule has 2 unspecified atom stereocenters. The fourth-order valence-electron chi connectivity index (χ4n) is 1.94. The Labute approximate surface area is 96.8 Å². The van der Waals surface area contributed by atoms with E-state index in [4.69, 9.17) is 9.47 Å². The second-order valence-electron chi connectivity index (χ2n) is 4.35. The first-order chi connectivity index (χ1) is 7.76. The Morgan fingerprint density at radius 3 is 2.62 bits per heavy atom. The molecule has 3 nitrogen and oxygen atoms in total. The van der Waals surface area contributed by atoms with Crippen LogP contribution in [0.3, 0.4) is 0 Å². The van der Waals surface area contributed by atoms with E-state index in [9.17, 15) is 0 Å². The molecule has 1 N–H and O–H groups in total. The predicted octanol–water partition coefficient (Wildman–Crippen LogP) is 2.20. The largest absolute Gasteiger partial charge is 0.493 e. The van der Waals surface area contributed by atoms with Gasteiger partial charge in [-0.1, -0.05) is 19.1 Å². The van der Waals surface area contributed by atoms with Crippen LogP contribution in [0.2, 0.25) is 0 Å². The van der Waals surface area contributed by atoms with E-state index in [0.29, 0.717) is 6.04 Å². The van der Waals surface area contributed by atoms with Gasteiger partial charge in [0.2, 0.25) is 0 Å². The van der Waals surface area contributed by atoms with Crippen molar-refractivity contribution in [1.82, 2.24) is 5.32 Å². The molecule has 1 aromatic rings. The Morgan fingerprint density at radius 1 is 1.31 bits per heavy atom. The summed E-state index contributed by atoms with van der Waals surface area (Å²) in [5.74, 6) is 2.45. The quantitative estimate of drug-likeness (QED) is 0.827. The van der Waals surface area contributed by atoms with Gasteiger partial charge in [0.15, 0.2) is 11.5 Å². The lowest BCUT2D eigenvalue weighted by atomic mass is 10.2. The van der Waals surface area contributed by atoms with Crippen LogP contribution in [0, 0.1) is 5.92 Å². The van der Waals surface area contributed by atoms with Crippen LogP contribution in [0.1, 0.15) is 18.9 Å². The van der Waals surface area contributed by atoms with Crippen LogP contribution < -0.4 is 14.8 Å². The molecule has 3 heteroatoms. The number of para-hydroxylation sites is 1. The van der Waals surface area contributed by atoms with Crippen LogP contribution in [-0.2, 0) is 6.54 Å². The molecule has 88 valence electrons. The van der Waals surface area contributed by atoms with Crippen molar-refractivity contribution in [2.24, 2.45) is 5.92 Å². The first-order valence-corrected chi connectivity index (χ1v) is 5.69. The zero-order valence-electron chi connectivity index (χ0n) is 10.1. The van der Waals surface area contributed by atoms with E-state index in [1.807, 2.05) is 12.1 Å². The Hall–Kier alpha value is -1.22. The average molecular weight is 221 g/mol. The number of rotatable bonds is 5. The van der Waals surface area contributed by atoms with Crippen LogP contribution in [0.5, 0.6) is 11.5 Å². The predicted molar refractivity (Wildman–Crippen MR) is 64.0 cm³/mol. The van der Waals surface area contributed by atoms with Crippen molar-refractivity contribution < 1.29 is 9.47 Å². The Morgan fingerprint density at radius 2 is 2.06 bits per heavy atom. The maximum Gasteiger partial charge on any atom is 0.165 e. The standard InChI is InChI=1S/C13H19NO2/c1-9-7-11(9)14-8-10-5-4-6-12(15-2)13(10)16-3/h4-6,9,11,14H,7-8H2,1-3H3. The number of methoxy groups -OCH3 is 2. The second kappa shape index (κ2) is 4.74. The third kappa shape index (κ3) is 2.30. The van der Waals surface area contributed by atoms with Crippen LogP contribution in [0.15, 0.2) is 18.2 Å². The van der Waals surface area contributed by atoms with Gasteiger partial charge in [-0.25, -0.2) is 0 Å². The number of hydrogen-bond donors (Lipinski definition) is 1. The Kier molecular flexibility index (Phi) is 3.34. The normalized spacial score (nSPS) is 22.9. The van der Waals surface area contributed by atoms with Gasteiger partial charge in [0.1, 0.15) is 0 Å². The summed E-state index contributed by atoms with van der Waals surface area (Å²) in [6.45, 7) is 3.11. The minimum atomic E-state index is 0.677. The Bertz CT molecular complexity index is 365. The molecule has 1 aromatic carbocycles. The molecule has 2 rings (SSSR count). The van der Waals surface area contributed by atoms with E-state index in [0.717, 1.165) is 29.5 Å². The molecule has 1 aliphatic carbocycles. The zero-order valence-corrected chi connectivity index (χ0v) is 10.1. The lowest BCUT2D eigenvalue weighted by Crippen LogP contribution is -2.17. The highest BCUT2D eigenvalue weighted by atomic mass is 16.5. The van der Waals surface area contributed by atoms with Gasteiger partial charge in [-0.15, -0.1) is 0 Å². The molecule has 1 aliphatic rings. The van der Waals surface area contributed by atoms with E-state index in [1.54, 1.807) is 14.2 Å². The van der Waals surface area contributed by atoms with E-state index in [-0.39, 0.29) is 0 Å². The van der Waals surface area contributed by atoms with Gasteiger partial charge in [-0.05, 0) is 18.4 Å². The van der Waals surface area contributed by atoms with Crippen molar-refractivity contribution in [3.8, 4) is 11.5 Å². The minimum Gasteiger partial charge on any atom is -0.493 e. The van der Waals surface area contributed by atoms with Gasteiger partial charge in [-0.3, -0.25) is 0 Å². The smallest absolute Gasteiger partial charge is 0.165 e. The Balaban J connectivity index is 2.06. The van der Waals surface area contributed by atoms with Crippen LogP contribution in [-0.4, -0.2) is 20.3 Å². The van der Waals surface area contributed by atoms with Crippen molar-refractivity contribution in [3.63, 3.8) is 0 Å². The van der Waals surface area contributed by atoms with Gasteiger partial charge < -0.3 is 14.8 Å². The lowest BCUT2D eigenvalue weighted by Gasteiger charge is -2.12. The average Bonchev–Trinajstić information content (AvgIpc) is 3.02. The highest BCUT2D eigenvalue weighted by Gasteiger charge is 2.31. The van der Waals surface area contributed by atoms with Gasteiger partial charge in [0, 0.05) is 18.2 Å². The third-order valence-corrected chi connectivity index (χ3v) is 3.15. The first-order valence-electron chi connectivity index (χ1n) is 5.69. The number of hydrogen-bond acceptors (Lipinski definition) is 3.